The Hall–Kier alpha value is -3.52. The van der Waals surface area contributed by atoms with Gasteiger partial charge in [0.05, 0.1) is 41.4 Å². The molecule has 2 amide bonds. The van der Waals surface area contributed by atoms with E-state index in [4.69, 9.17) is 9.47 Å². The van der Waals surface area contributed by atoms with Crippen LogP contribution in [0.5, 0.6) is 5.75 Å². The minimum Gasteiger partial charge on any atom is -0.497 e. The molecule has 238 valence electrons. The van der Waals surface area contributed by atoms with E-state index in [9.17, 15) is 23.1 Å². The van der Waals surface area contributed by atoms with E-state index in [0.29, 0.717) is 16.4 Å². The number of rotatable bonds is 14. The van der Waals surface area contributed by atoms with E-state index in [1.54, 1.807) is 19.1 Å². The topological polar surface area (TPSA) is 138 Å². The van der Waals surface area contributed by atoms with Gasteiger partial charge >= 0.3 is 6.09 Å². The summed E-state index contributed by atoms with van der Waals surface area (Å²) in [6, 6.07) is 14.5. The number of benzene rings is 2. The van der Waals surface area contributed by atoms with Crippen molar-refractivity contribution in [3.63, 3.8) is 0 Å². The zero-order valence-electron chi connectivity index (χ0n) is 25.6. The highest BCUT2D eigenvalue weighted by molar-refractivity contribution is 7.89. The number of aliphatic hydroxyl groups excluding tert-OH is 1. The SMILES string of the molecule is CC[C@@H](C)CN(CC(O)C(Cc1ccccc1)NC(=O)C1CN(c2sc(C)nc2C)C(=O)O1)S(=O)(=O)c1ccc(OC)cc1. The van der Waals surface area contributed by atoms with Crippen molar-refractivity contribution in [2.24, 2.45) is 5.92 Å². The van der Waals surface area contributed by atoms with Crippen molar-refractivity contribution in [2.45, 2.75) is 63.7 Å². The number of hydrogen-bond acceptors (Lipinski definition) is 9. The van der Waals surface area contributed by atoms with Crippen LogP contribution in [-0.4, -0.2) is 79.8 Å². The molecule has 44 heavy (non-hydrogen) atoms. The number of methoxy groups -OCH3 is 1. The number of carbonyl (C=O) groups is 2. The van der Waals surface area contributed by atoms with E-state index in [-0.39, 0.29) is 36.9 Å². The highest BCUT2D eigenvalue weighted by atomic mass is 32.2. The first kappa shape index (κ1) is 33.4. The molecule has 0 bridgehead atoms. The number of carbonyl (C=O) groups excluding carboxylic acids is 2. The minimum atomic E-state index is -4.00. The first-order chi connectivity index (χ1) is 20.9. The summed E-state index contributed by atoms with van der Waals surface area (Å²) in [4.78, 5) is 32.0. The van der Waals surface area contributed by atoms with E-state index in [2.05, 4.69) is 10.3 Å². The van der Waals surface area contributed by atoms with Gasteiger partial charge in [0.25, 0.3) is 5.91 Å². The van der Waals surface area contributed by atoms with E-state index >= 15 is 0 Å². The fourth-order valence-electron chi connectivity index (χ4n) is 4.94. The molecule has 2 N–H and O–H groups in total. The average molecular weight is 645 g/mol. The third-order valence-electron chi connectivity index (χ3n) is 7.62. The summed E-state index contributed by atoms with van der Waals surface area (Å²) in [5.41, 5.74) is 1.51. The number of amides is 2. The third kappa shape index (κ3) is 7.95. The lowest BCUT2D eigenvalue weighted by Crippen LogP contribution is -2.53. The molecule has 11 nitrogen and oxygen atoms in total. The van der Waals surface area contributed by atoms with Gasteiger partial charge < -0.3 is 19.9 Å². The Balaban J connectivity index is 1.56. The first-order valence-electron chi connectivity index (χ1n) is 14.5. The van der Waals surface area contributed by atoms with Crippen LogP contribution in [-0.2, 0) is 26.0 Å². The number of cyclic esters (lactones) is 1. The largest absolute Gasteiger partial charge is 0.497 e. The van der Waals surface area contributed by atoms with Crippen LogP contribution in [0.15, 0.2) is 59.5 Å². The molecule has 0 radical (unpaired) electrons. The smallest absolute Gasteiger partial charge is 0.415 e. The monoisotopic (exact) mass is 644 g/mol. The Morgan fingerprint density at radius 1 is 1.18 bits per heavy atom. The van der Waals surface area contributed by atoms with Gasteiger partial charge in [-0.3, -0.25) is 9.69 Å². The number of sulfonamides is 1. The molecule has 3 unspecified atom stereocenters. The number of anilines is 1. The van der Waals surface area contributed by atoms with Gasteiger partial charge in [0.15, 0.2) is 6.10 Å². The molecule has 0 saturated carbocycles. The fraction of sp³-hybridized carbons (Fsp3) is 0.452. The lowest BCUT2D eigenvalue weighted by Gasteiger charge is -2.31. The predicted molar refractivity (Wildman–Crippen MR) is 168 cm³/mol. The minimum absolute atomic E-state index is 0.00667. The van der Waals surface area contributed by atoms with Gasteiger partial charge in [-0.2, -0.15) is 4.31 Å². The number of hydrogen-bond donors (Lipinski definition) is 2. The molecule has 1 aromatic heterocycles. The van der Waals surface area contributed by atoms with Crippen molar-refractivity contribution in [3.8, 4) is 5.75 Å². The van der Waals surface area contributed by atoms with Crippen LogP contribution in [0.25, 0.3) is 0 Å². The number of aryl methyl sites for hydroxylation is 2. The fourth-order valence-corrected chi connectivity index (χ4v) is 7.44. The molecule has 1 fully saturated rings. The number of nitrogens with zero attached hydrogens (tertiary/aromatic N) is 3. The molecule has 0 aliphatic carbocycles. The Kier molecular flexibility index (Phi) is 11.0. The molecule has 4 rings (SSSR count). The summed E-state index contributed by atoms with van der Waals surface area (Å²) in [6.07, 6.45) is -2.09. The van der Waals surface area contributed by atoms with Gasteiger partial charge in [-0.05, 0) is 56.0 Å². The van der Waals surface area contributed by atoms with Crippen LogP contribution in [0.2, 0.25) is 0 Å². The Labute approximate surface area is 262 Å². The summed E-state index contributed by atoms with van der Waals surface area (Å²) in [5.74, 6) is -0.0405. The number of ether oxygens (including phenoxy) is 2. The van der Waals surface area contributed by atoms with Gasteiger partial charge in [0, 0.05) is 13.1 Å². The van der Waals surface area contributed by atoms with E-state index in [1.165, 1.54) is 39.8 Å². The van der Waals surface area contributed by atoms with Crippen molar-refractivity contribution < 1.29 is 32.6 Å². The Morgan fingerprint density at radius 2 is 1.86 bits per heavy atom. The molecule has 4 atom stereocenters. The van der Waals surface area contributed by atoms with E-state index in [0.717, 1.165) is 17.0 Å². The Bertz CT molecular complexity index is 1530. The van der Waals surface area contributed by atoms with Gasteiger partial charge in [-0.1, -0.05) is 50.6 Å². The zero-order valence-corrected chi connectivity index (χ0v) is 27.2. The number of aliphatic hydroxyl groups is 1. The molecule has 2 heterocycles. The Morgan fingerprint density at radius 3 is 2.45 bits per heavy atom. The van der Waals surface area contributed by atoms with E-state index in [1.807, 2.05) is 51.1 Å². The molecular formula is C31H40N4O7S2. The lowest BCUT2D eigenvalue weighted by atomic mass is 10.0. The third-order valence-corrected chi connectivity index (χ3v) is 10.6. The standard InChI is InChI=1S/C31H40N4O7S2/c1-6-20(2)17-34(44(39,40)25-14-12-24(41-5)13-15-25)18-27(36)26(16-23-10-8-7-9-11-23)33-29(37)28-19-35(31(38)42-28)30-21(3)32-22(4)43-30/h7-15,20,26-28,36H,6,16-19H2,1-5H3,(H,33,37)/t20-,26?,27?,28?/m1/s1. The van der Waals surface area contributed by atoms with Gasteiger partial charge in [0.1, 0.15) is 10.8 Å². The molecule has 1 saturated heterocycles. The first-order valence-corrected chi connectivity index (χ1v) is 16.8. The van der Waals surface area contributed by atoms with Crippen LogP contribution in [0, 0.1) is 19.8 Å². The second-order valence-corrected chi connectivity index (χ2v) is 14.1. The number of thiazole rings is 1. The van der Waals surface area contributed by atoms with Crippen molar-refractivity contribution >= 4 is 38.4 Å². The van der Waals surface area contributed by atoms with Crippen LogP contribution in [0.3, 0.4) is 0 Å². The second kappa shape index (κ2) is 14.5. The number of aromatic nitrogens is 1. The molecule has 13 heteroatoms. The maximum Gasteiger partial charge on any atom is 0.415 e. The highest BCUT2D eigenvalue weighted by Gasteiger charge is 2.40. The molecular weight excluding hydrogens is 604 g/mol. The summed E-state index contributed by atoms with van der Waals surface area (Å²) in [5, 5.41) is 15.8. The van der Waals surface area contributed by atoms with Gasteiger partial charge in [0.2, 0.25) is 10.0 Å². The summed E-state index contributed by atoms with van der Waals surface area (Å²) >= 11 is 1.34. The lowest BCUT2D eigenvalue weighted by molar-refractivity contribution is -0.129. The maximum absolute atomic E-state index is 13.8. The molecule has 0 spiro atoms. The van der Waals surface area contributed by atoms with Crippen LogP contribution >= 0.6 is 11.3 Å². The van der Waals surface area contributed by atoms with Crippen LogP contribution in [0.1, 0.15) is 36.5 Å². The normalized spacial score (nSPS) is 17.3. The maximum atomic E-state index is 13.8. The van der Waals surface area contributed by atoms with Crippen molar-refractivity contribution in [1.82, 2.24) is 14.6 Å². The van der Waals surface area contributed by atoms with Crippen LogP contribution < -0.4 is 15.0 Å². The molecule has 1 aliphatic rings. The van der Waals surface area contributed by atoms with Crippen LogP contribution in [0.4, 0.5) is 9.80 Å². The van der Waals surface area contributed by atoms with Gasteiger partial charge in [-0.25, -0.2) is 18.2 Å². The van der Waals surface area contributed by atoms with Crippen molar-refractivity contribution in [1.29, 1.82) is 0 Å². The molecule has 2 aromatic carbocycles. The molecule has 1 aliphatic heterocycles. The van der Waals surface area contributed by atoms with Gasteiger partial charge in [-0.15, -0.1) is 11.3 Å². The summed E-state index contributed by atoms with van der Waals surface area (Å²) in [7, 11) is -2.50. The quantitative estimate of drug-likeness (QED) is 0.269. The second-order valence-electron chi connectivity index (χ2n) is 11.0. The summed E-state index contributed by atoms with van der Waals surface area (Å²) in [6.45, 7) is 7.45. The predicted octanol–water partition coefficient (Wildman–Crippen LogP) is 3.92. The zero-order chi connectivity index (χ0) is 32.0. The number of nitrogens with one attached hydrogen (secondary N) is 1. The van der Waals surface area contributed by atoms with E-state index < -0.39 is 40.3 Å². The van der Waals surface area contributed by atoms with Crippen molar-refractivity contribution in [2.75, 3.05) is 31.6 Å². The summed E-state index contributed by atoms with van der Waals surface area (Å²) < 4.78 is 39.4. The highest BCUT2D eigenvalue weighted by Crippen LogP contribution is 2.31. The van der Waals surface area contributed by atoms with Crippen molar-refractivity contribution in [3.05, 3.63) is 70.9 Å². The molecule has 3 aromatic rings. The average Bonchev–Trinajstić information content (AvgIpc) is 3.56.